The molecule has 0 aromatic carbocycles. The number of aliphatic hydroxyl groups excluding tert-OH is 1. The van der Waals surface area contributed by atoms with Gasteiger partial charge in [-0.1, -0.05) is 0 Å². The summed E-state index contributed by atoms with van der Waals surface area (Å²) in [6.07, 6.45) is 0. The third-order valence-electron chi connectivity index (χ3n) is 0. The van der Waals surface area contributed by atoms with E-state index in [-0.39, 0.29) is 16.8 Å². The molecule has 0 amide bonds. The molecule has 0 heterocycles. The number of aliphatic carboxylic acids is 2. The van der Waals surface area contributed by atoms with Crippen LogP contribution in [0.25, 0.3) is 0 Å². The fourth-order valence-corrected chi connectivity index (χ4v) is 0. The van der Waals surface area contributed by atoms with Crippen molar-refractivity contribution in [3.8, 4) is 0 Å². The number of hydrogen-bond acceptors (Lipinski definition) is 5. The smallest absolute Gasteiger partial charge is 0.550 e. The van der Waals surface area contributed by atoms with Crippen molar-refractivity contribution < 1.29 is 41.7 Å². The standard InChI is InChI=1S/2C2H4O2.CH4O.Co/c2*1-2(3)4;1-2;/h2*1H3,(H,3,4);2H,1H3;/q;;;+2/p-2. The van der Waals surface area contributed by atoms with Crippen LogP contribution in [0.5, 0.6) is 0 Å². The SMILES string of the molecule is CC(=O)[O-].CC(=O)[O-].CO.[Co+2]. The quantitative estimate of drug-likeness (QED) is 0.461. The van der Waals surface area contributed by atoms with Gasteiger partial charge in [0.25, 0.3) is 0 Å². The molecule has 1 radical (unpaired) electrons. The van der Waals surface area contributed by atoms with Crippen molar-refractivity contribution in [1.29, 1.82) is 0 Å². The zero-order valence-electron chi connectivity index (χ0n) is 6.41. The first kappa shape index (κ1) is 22.4. The van der Waals surface area contributed by atoms with E-state index in [1.54, 1.807) is 0 Å². The topological polar surface area (TPSA) is 100 Å². The number of rotatable bonds is 0. The third kappa shape index (κ3) is 1460. The van der Waals surface area contributed by atoms with E-state index < -0.39 is 11.9 Å². The van der Waals surface area contributed by atoms with Gasteiger partial charge in [0.15, 0.2) is 0 Å². The molecule has 0 rings (SSSR count). The van der Waals surface area contributed by atoms with Gasteiger partial charge in [-0.3, -0.25) is 0 Å². The summed E-state index contributed by atoms with van der Waals surface area (Å²) in [5.41, 5.74) is 0. The first-order valence-electron chi connectivity index (χ1n) is 2.26. The molecule has 0 saturated carbocycles. The summed E-state index contributed by atoms with van der Waals surface area (Å²) in [5, 5.41) is 24.8. The van der Waals surface area contributed by atoms with Crippen LogP contribution in [0.2, 0.25) is 0 Å². The monoisotopic (exact) mass is 209 g/mol. The van der Waals surface area contributed by atoms with Gasteiger partial charge in [-0.15, -0.1) is 0 Å². The Labute approximate surface area is 75.2 Å². The molecule has 0 aromatic rings. The van der Waals surface area contributed by atoms with Gasteiger partial charge in [0.1, 0.15) is 0 Å². The van der Waals surface area contributed by atoms with Crippen LogP contribution in [0.4, 0.5) is 0 Å². The van der Waals surface area contributed by atoms with Gasteiger partial charge in [-0.05, 0) is 13.8 Å². The number of carbonyl (C=O) groups excluding carboxylic acids is 2. The Morgan fingerprint density at radius 2 is 1.00 bits per heavy atom. The second-order valence-corrected chi connectivity index (χ2v) is 0.983. The summed E-state index contributed by atoms with van der Waals surface area (Å²) < 4.78 is 0. The molecular formula is C5H10CoO5. The average Bonchev–Trinajstić information content (AvgIpc) is 1.66. The minimum atomic E-state index is -1.08. The molecule has 0 aliphatic heterocycles. The number of aliphatic hydroxyl groups is 1. The molecule has 11 heavy (non-hydrogen) atoms. The second-order valence-electron chi connectivity index (χ2n) is 0.983. The Balaban J connectivity index is -0.0000000339. The maximum Gasteiger partial charge on any atom is 2.00 e. The van der Waals surface area contributed by atoms with Crippen LogP contribution < -0.4 is 10.2 Å². The van der Waals surface area contributed by atoms with Gasteiger partial charge < -0.3 is 24.9 Å². The molecule has 0 aliphatic rings. The molecule has 0 unspecified atom stereocenters. The largest absolute Gasteiger partial charge is 2.00 e. The average molecular weight is 209 g/mol. The molecule has 1 N–H and O–H groups in total. The van der Waals surface area contributed by atoms with Gasteiger partial charge in [0, 0.05) is 19.0 Å². The van der Waals surface area contributed by atoms with Gasteiger partial charge in [-0.2, -0.15) is 0 Å². The summed E-state index contributed by atoms with van der Waals surface area (Å²) in [7, 11) is 1.00. The normalized spacial score (nSPS) is 5.09. The van der Waals surface area contributed by atoms with E-state index >= 15 is 0 Å². The predicted octanol–water partition coefficient (Wildman–Crippen LogP) is -2.88. The van der Waals surface area contributed by atoms with Crippen LogP contribution >= 0.6 is 0 Å². The third-order valence-corrected chi connectivity index (χ3v) is 0. The molecule has 0 aromatic heterocycles. The Morgan fingerprint density at radius 3 is 1.00 bits per heavy atom. The predicted molar refractivity (Wildman–Crippen MR) is 29.5 cm³/mol. The molecule has 6 heteroatoms. The molecule has 0 fully saturated rings. The first-order valence-corrected chi connectivity index (χ1v) is 2.26. The molecule has 0 aliphatic carbocycles. The Bertz CT molecular complexity index is 72.9. The molecular weight excluding hydrogens is 199 g/mol. The second kappa shape index (κ2) is 22.7. The van der Waals surface area contributed by atoms with Crippen molar-refractivity contribution in [2.24, 2.45) is 0 Å². The molecule has 0 bridgehead atoms. The maximum absolute atomic E-state index is 8.89. The van der Waals surface area contributed by atoms with Crippen molar-refractivity contribution in [2.75, 3.05) is 7.11 Å². The maximum atomic E-state index is 8.89. The van der Waals surface area contributed by atoms with E-state index in [0.717, 1.165) is 21.0 Å². The minimum Gasteiger partial charge on any atom is -0.550 e. The van der Waals surface area contributed by atoms with Crippen LogP contribution in [-0.2, 0) is 26.4 Å². The number of carbonyl (C=O) groups is 2. The molecule has 0 atom stereocenters. The zero-order chi connectivity index (χ0) is 9.15. The van der Waals surface area contributed by atoms with Crippen LogP contribution in [0.3, 0.4) is 0 Å². The zero-order valence-corrected chi connectivity index (χ0v) is 7.45. The summed E-state index contributed by atoms with van der Waals surface area (Å²) >= 11 is 0. The summed E-state index contributed by atoms with van der Waals surface area (Å²) in [4.78, 5) is 17.8. The summed E-state index contributed by atoms with van der Waals surface area (Å²) in [5.74, 6) is -2.17. The van der Waals surface area contributed by atoms with Crippen molar-refractivity contribution >= 4 is 11.9 Å². The summed E-state index contributed by atoms with van der Waals surface area (Å²) in [6, 6.07) is 0. The van der Waals surface area contributed by atoms with E-state index in [9.17, 15) is 0 Å². The van der Waals surface area contributed by atoms with Crippen LogP contribution in [0.1, 0.15) is 13.8 Å². The number of carboxylic acids is 2. The van der Waals surface area contributed by atoms with Crippen molar-refractivity contribution in [1.82, 2.24) is 0 Å². The van der Waals surface area contributed by atoms with Gasteiger partial charge in [0.05, 0.1) is 0 Å². The Kier molecular flexibility index (Phi) is 46.4. The van der Waals surface area contributed by atoms with Crippen LogP contribution in [0.15, 0.2) is 0 Å². The van der Waals surface area contributed by atoms with E-state index in [2.05, 4.69) is 0 Å². The summed E-state index contributed by atoms with van der Waals surface area (Å²) in [6.45, 7) is 1.94. The number of hydrogen-bond donors (Lipinski definition) is 1. The van der Waals surface area contributed by atoms with E-state index in [1.165, 1.54) is 0 Å². The van der Waals surface area contributed by atoms with E-state index in [1.807, 2.05) is 0 Å². The van der Waals surface area contributed by atoms with Crippen molar-refractivity contribution in [3.63, 3.8) is 0 Å². The molecule has 0 saturated heterocycles. The van der Waals surface area contributed by atoms with Crippen molar-refractivity contribution in [3.05, 3.63) is 0 Å². The first-order chi connectivity index (χ1) is 4.46. The molecule has 5 nitrogen and oxygen atoms in total. The fourth-order valence-electron chi connectivity index (χ4n) is 0. The van der Waals surface area contributed by atoms with Crippen LogP contribution in [-0.4, -0.2) is 24.2 Å². The molecule has 69 valence electrons. The Morgan fingerprint density at radius 1 is 1.00 bits per heavy atom. The van der Waals surface area contributed by atoms with Gasteiger partial charge in [-0.25, -0.2) is 0 Å². The van der Waals surface area contributed by atoms with Crippen molar-refractivity contribution in [2.45, 2.75) is 13.8 Å². The fraction of sp³-hybridized carbons (Fsp3) is 0.600. The van der Waals surface area contributed by atoms with E-state index in [4.69, 9.17) is 24.9 Å². The molecule has 0 spiro atoms. The van der Waals surface area contributed by atoms with Gasteiger partial charge >= 0.3 is 16.8 Å². The van der Waals surface area contributed by atoms with Crippen LogP contribution in [0, 0.1) is 0 Å². The minimum absolute atomic E-state index is 0. The van der Waals surface area contributed by atoms with E-state index in [0.29, 0.717) is 0 Å². The number of carboxylic acid groups (broad SMARTS) is 2. The van der Waals surface area contributed by atoms with Gasteiger partial charge in [0.2, 0.25) is 0 Å². The Hall–Kier alpha value is -0.594.